The first-order chi connectivity index (χ1) is 9.52. The normalized spacial score (nSPS) is 11.2. The van der Waals surface area contributed by atoms with Gasteiger partial charge in [0.1, 0.15) is 0 Å². The summed E-state index contributed by atoms with van der Waals surface area (Å²) >= 11 is 0. The van der Waals surface area contributed by atoms with Crippen LogP contribution in [0.3, 0.4) is 0 Å². The third kappa shape index (κ3) is 5.40. The minimum Gasteiger partial charge on any atom is -0.481 e. The topological polar surface area (TPSA) is 102 Å². The Bertz CT molecular complexity index is 505. The van der Waals surface area contributed by atoms with Gasteiger partial charge in [0.05, 0.1) is 17.7 Å². The van der Waals surface area contributed by atoms with Gasteiger partial charge in [0.2, 0.25) is 0 Å². The number of nitrogens with zero attached hydrogens (tertiary/aromatic N) is 1. The number of carboxylic acids is 1. The van der Waals surface area contributed by atoms with Crippen LogP contribution in [0.1, 0.15) is 36.9 Å². The molecule has 1 aromatic rings. The van der Waals surface area contributed by atoms with Gasteiger partial charge in [0, 0.05) is 13.0 Å². The molecule has 0 heterocycles. The summed E-state index contributed by atoms with van der Waals surface area (Å²) in [6.45, 7) is 2.15. The molecule has 106 valence electrons. The number of carbonyl (C=O) groups excluding carboxylic acids is 1. The highest BCUT2D eigenvalue weighted by Crippen LogP contribution is 2.12. The van der Waals surface area contributed by atoms with Crippen LogP contribution in [0.15, 0.2) is 24.3 Å². The van der Waals surface area contributed by atoms with Crippen molar-refractivity contribution in [2.45, 2.75) is 25.8 Å². The first kappa shape index (κ1) is 15.5. The number of nitriles is 1. The highest BCUT2D eigenvalue weighted by molar-refractivity contribution is 5.74. The molecule has 1 unspecified atom stereocenters. The number of amides is 2. The van der Waals surface area contributed by atoms with Crippen molar-refractivity contribution in [1.29, 1.82) is 5.26 Å². The van der Waals surface area contributed by atoms with E-state index in [9.17, 15) is 9.59 Å². The van der Waals surface area contributed by atoms with E-state index in [1.165, 1.54) is 0 Å². The molecular formula is C14H17N3O3. The van der Waals surface area contributed by atoms with Gasteiger partial charge in [-0.3, -0.25) is 4.79 Å². The van der Waals surface area contributed by atoms with Crippen LogP contribution in [0.5, 0.6) is 0 Å². The first-order valence-corrected chi connectivity index (χ1v) is 6.29. The number of aliphatic carboxylic acids is 1. The lowest BCUT2D eigenvalue weighted by Gasteiger charge is -2.15. The quantitative estimate of drug-likeness (QED) is 0.688. The number of hydrogen-bond donors (Lipinski definition) is 3. The number of rotatable bonds is 6. The summed E-state index contributed by atoms with van der Waals surface area (Å²) in [6, 6.07) is 8.45. The molecule has 0 fully saturated rings. The third-order valence-electron chi connectivity index (χ3n) is 2.74. The van der Waals surface area contributed by atoms with Gasteiger partial charge in [0.15, 0.2) is 0 Å². The maximum absolute atomic E-state index is 11.6. The summed E-state index contributed by atoms with van der Waals surface area (Å²) in [7, 11) is 0. The molecule has 0 radical (unpaired) electrons. The molecule has 0 saturated heterocycles. The Morgan fingerprint density at radius 3 is 2.55 bits per heavy atom. The fourth-order valence-corrected chi connectivity index (χ4v) is 1.62. The van der Waals surface area contributed by atoms with Crippen molar-refractivity contribution in [1.82, 2.24) is 10.6 Å². The monoisotopic (exact) mass is 275 g/mol. The van der Waals surface area contributed by atoms with E-state index in [4.69, 9.17) is 10.4 Å². The lowest BCUT2D eigenvalue weighted by atomic mass is 10.1. The van der Waals surface area contributed by atoms with Gasteiger partial charge in [-0.1, -0.05) is 12.1 Å². The number of benzene rings is 1. The second kappa shape index (κ2) is 7.79. The van der Waals surface area contributed by atoms with Crippen LogP contribution in [0.2, 0.25) is 0 Å². The Morgan fingerprint density at radius 2 is 2.00 bits per heavy atom. The minimum absolute atomic E-state index is 0.0332. The molecule has 1 atom stereocenters. The van der Waals surface area contributed by atoms with Gasteiger partial charge < -0.3 is 15.7 Å². The van der Waals surface area contributed by atoms with Crippen LogP contribution in [0.4, 0.5) is 4.79 Å². The number of nitrogens with one attached hydrogen (secondary N) is 2. The van der Waals surface area contributed by atoms with Crippen LogP contribution in [-0.4, -0.2) is 23.7 Å². The summed E-state index contributed by atoms with van der Waals surface area (Å²) in [5, 5.41) is 22.5. The van der Waals surface area contributed by atoms with Crippen LogP contribution < -0.4 is 10.6 Å². The highest BCUT2D eigenvalue weighted by atomic mass is 16.4. The Hall–Kier alpha value is -2.55. The highest BCUT2D eigenvalue weighted by Gasteiger charge is 2.09. The van der Waals surface area contributed by atoms with E-state index in [2.05, 4.69) is 10.6 Å². The lowest BCUT2D eigenvalue weighted by Crippen LogP contribution is -2.37. The molecule has 0 aliphatic heterocycles. The average molecular weight is 275 g/mol. The van der Waals surface area contributed by atoms with E-state index < -0.39 is 5.97 Å². The van der Waals surface area contributed by atoms with E-state index in [1.54, 1.807) is 24.3 Å². The van der Waals surface area contributed by atoms with E-state index in [1.807, 2.05) is 13.0 Å². The molecule has 3 N–H and O–H groups in total. The molecule has 1 aromatic carbocycles. The zero-order valence-corrected chi connectivity index (χ0v) is 11.2. The summed E-state index contributed by atoms with van der Waals surface area (Å²) in [6.07, 6.45) is 0.430. The largest absolute Gasteiger partial charge is 0.481 e. The third-order valence-corrected chi connectivity index (χ3v) is 2.74. The van der Waals surface area contributed by atoms with Crippen molar-refractivity contribution in [2.24, 2.45) is 0 Å². The zero-order valence-electron chi connectivity index (χ0n) is 11.2. The van der Waals surface area contributed by atoms with E-state index >= 15 is 0 Å². The van der Waals surface area contributed by atoms with Gasteiger partial charge >= 0.3 is 12.0 Å². The minimum atomic E-state index is -0.877. The lowest BCUT2D eigenvalue weighted by molar-refractivity contribution is -0.137. The van der Waals surface area contributed by atoms with Gasteiger partial charge in [-0.2, -0.15) is 5.26 Å². The van der Waals surface area contributed by atoms with Crippen molar-refractivity contribution in [3.05, 3.63) is 35.4 Å². The molecule has 0 saturated carbocycles. The summed E-state index contributed by atoms with van der Waals surface area (Å²) < 4.78 is 0. The predicted octanol–water partition coefficient (Wildman–Crippen LogP) is 1.78. The van der Waals surface area contributed by atoms with Crippen LogP contribution in [-0.2, 0) is 4.79 Å². The Kier molecular flexibility index (Phi) is 6.04. The molecule has 20 heavy (non-hydrogen) atoms. The molecule has 0 aromatic heterocycles. The summed E-state index contributed by atoms with van der Waals surface area (Å²) in [5.74, 6) is -0.877. The molecule has 0 aliphatic rings. The molecule has 6 heteroatoms. The average Bonchev–Trinajstić information content (AvgIpc) is 2.43. The van der Waals surface area contributed by atoms with Crippen LogP contribution >= 0.6 is 0 Å². The maximum atomic E-state index is 11.6. The molecule has 2 amide bonds. The maximum Gasteiger partial charge on any atom is 0.315 e. The SMILES string of the molecule is CC(NC(=O)NCCCC(=O)O)c1ccc(C#N)cc1. The first-order valence-electron chi connectivity index (χ1n) is 6.29. The van der Waals surface area contributed by atoms with Crippen molar-refractivity contribution in [3.63, 3.8) is 0 Å². The Balaban J connectivity index is 2.37. The smallest absolute Gasteiger partial charge is 0.315 e. The molecule has 6 nitrogen and oxygen atoms in total. The van der Waals surface area contributed by atoms with Gasteiger partial charge in [-0.15, -0.1) is 0 Å². The number of urea groups is 1. The predicted molar refractivity (Wildman–Crippen MR) is 73.0 cm³/mol. The van der Waals surface area contributed by atoms with Crippen LogP contribution in [0.25, 0.3) is 0 Å². The number of carboxylic acid groups (broad SMARTS) is 1. The van der Waals surface area contributed by atoms with E-state index in [0.717, 1.165) is 5.56 Å². The molecular weight excluding hydrogens is 258 g/mol. The van der Waals surface area contributed by atoms with Crippen molar-refractivity contribution < 1.29 is 14.7 Å². The number of carbonyl (C=O) groups is 2. The van der Waals surface area contributed by atoms with E-state index in [0.29, 0.717) is 18.5 Å². The molecule has 0 aliphatic carbocycles. The molecule has 0 bridgehead atoms. The van der Waals surface area contributed by atoms with Gasteiger partial charge in [0.25, 0.3) is 0 Å². The molecule has 1 rings (SSSR count). The van der Waals surface area contributed by atoms with Crippen LogP contribution in [0, 0.1) is 11.3 Å². The van der Waals surface area contributed by atoms with Crippen molar-refractivity contribution in [2.75, 3.05) is 6.54 Å². The standard InChI is InChI=1S/C14H17N3O3/c1-10(12-6-4-11(9-15)5-7-12)17-14(20)16-8-2-3-13(18)19/h4-7,10H,2-3,8H2,1H3,(H,18,19)(H2,16,17,20). The molecule has 0 spiro atoms. The Labute approximate surface area is 117 Å². The number of hydrogen-bond acceptors (Lipinski definition) is 3. The van der Waals surface area contributed by atoms with Gasteiger partial charge in [-0.05, 0) is 31.0 Å². The van der Waals surface area contributed by atoms with Gasteiger partial charge in [-0.25, -0.2) is 4.79 Å². The van der Waals surface area contributed by atoms with E-state index in [-0.39, 0.29) is 18.5 Å². The summed E-state index contributed by atoms with van der Waals surface area (Å²) in [4.78, 5) is 21.9. The second-order valence-corrected chi connectivity index (χ2v) is 4.35. The van der Waals surface area contributed by atoms with Crippen molar-refractivity contribution in [3.8, 4) is 6.07 Å². The fourth-order valence-electron chi connectivity index (χ4n) is 1.62. The summed E-state index contributed by atoms with van der Waals surface area (Å²) in [5.41, 5.74) is 1.46. The zero-order chi connectivity index (χ0) is 15.0. The second-order valence-electron chi connectivity index (χ2n) is 4.35. The Morgan fingerprint density at radius 1 is 1.35 bits per heavy atom. The van der Waals surface area contributed by atoms with Crippen molar-refractivity contribution >= 4 is 12.0 Å². The fraction of sp³-hybridized carbons (Fsp3) is 0.357.